The van der Waals surface area contributed by atoms with Crippen molar-refractivity contribution in [3.05, 3.63) is 132 Å². The standard InChI is InChI=1S/C14H12O.C13H10O/c1-11(15)12-7-9-14(10-8-12)13-5-3-2-4-6-13;14-13(11-7-3-1-4-8-11)12-9-5-2-6-10-12/h2-10H,1H3;1-10H. The predicted molar refractivity (Wildman–Crippen MR) is 118 cm³/mol. The molecular weight excluding hydrogens is 356 g/mol. The molecule has 0 saturated carbocycles. The van der Waals surface area contributed by atoms with Gasteiger partial charge in [-0.05, 0) is 18.1 Å². The molecule has 2 nitrogen and oxygen atoms in total. The van der Waals surface area contributed by atoms with E-state index < -0.39 is 0 Å². The molecule has 0 bridgehead atoms. The Morgan fingerprint density at radius 1 is 0.448 bits per heavy atom. The minimum Gasteiger partial charge on any atom is -0.295 e. The molecule has 0 atom stereocenters. The van der Waals surface area contributed by atoms with Crippen LogP contribution in [0.15, 0.2) is 115 Å². The number of hydrogen-bond donors (Lipinski definition) is 0. The zero-order valence-electron chi connectivity index (χ0n) is 16.3. The van der Waals surface area contributed by atoms with E-state index in [0.29, 0.717) is 0 Å². The van der Waals surface area contributed by atoms with E-state index in [9.17, 15) is 9.59 Å². The summed E-state index contributed by atoms with van der Waals surface area (Å²) in [5, 5.41) is 0. The summed E-state index contributed by atoms with van der Waals surface area (Å²) < 4.78 is 0. The Hall–Kier alpha value is -3.78. The van der Waals surface area contributed by atoms with E-state index in [1.807, 2.05) is 103 Å². The lowest BCUT2D eigenvalue weighted by Crippen LogP contribution is -1.99. The van der Waals surface area contributed by atoms with Crippen molar-refractivity contribution in [3.63, 3.8) is 0 Å². The number of ketones is 2. The maximum Gasteiger partial charge on any atom is 0.193 e. The second-order valence-corrected chi connectivity index (χ2v) is 6.56. The number of hydrogen-bond acceptors (Lipinski definition) is 2. The van der Waals surface area contributed by atoms with Gasteiger partial charge >= 0.3 is 0 Å². The molecule has 0 saturated heterocycles. The van der Waals surface area contributed by atoms with E-state index in [4.69, 9.17) is 0 Å². The van der Waals surface area contributed by atoms with Gasteiger partial charge in [-0.3, -0.25) is 9.59 Å². The van der Waals surface area contributed by atoms with Crippen LogP contribution < -0.4 is 0 Å². The molecule has 0 radical (unpaired) electrons. The zero-order chi connectivity index (χ0) is 20.5. The van der Waals surface area contributed by atoms with Crippen LogP contribution >= 0.6 is 0 Å². The smallest absolute Gasteiger partial charge is 0.193 e. The summed E-state index contributed by atoms with van der Waals surface area (Å²) >= 11 is 0. The first-order valence-electron chi connectivity index (χ1n) is 9.46. The average Bonchev–Trinajstić information content (AvgIpc) is 2.81. The predicted octanol–water partition coefficient (Wildman–Crippen LogP) is 6.47. The number of carbonyl (C=O) groups excluding carboxylic acids is 2. The molecule has 0 amide bonds. The van der Waals surface area contributed by atoms with Gasteiger partial charge in [-0.1, -0.05) is 115 Å². The van der Waals surface area contributed by atoms with Crippen LogP contribution in [0.2, 0.25) is 0 Å². The van der Waals surface area contributed by atoms with Crippen molar-refractivity contribution < 1.29 is 9.59 Å². The second-order valence-electron chi connectivity index (χ2n) is 6.56. The summed E-state index contributed by atoms with van der Waals surface area (Å²) in [7, 11) is 0. The summed E-state index contributed by atoms with van der Waals surface area (Å²) in [6.07, 6.45) is 0. The number of benzene rings is 4. The van der Waals surface area contributed by atoms with Crippen LogP contribution in [-0.4, -0.2) is 11.6 Å². The van der Waals surface area contributed by atoms with E-state index in [1.165, 1.54) is 5.56 Å². The van der Waals surface area contributed by atoms with Crippen LogP contribution in [0.25, 0.3) is 11.1 Å². The molecule has 0 aliphatic heterocycles. The highest BCUT2D eigenvalue weighted by molar-refractivity contribution is 6.08. The van der Waals surface area contributed by atoms with Crippen molar-refractivity contribution >= 4 is 11.6 Å². The highest BCUT2D eigenvalue weighted by Crippen LogP contribution is 2.19. The quantitative estimate of drug-likeness (QED) is 0.381. The molecule has 0 aromatic heterocycles. The van der Waals surface area contributed by atoms with Crippen LogP contribution in [-0.2, 0) is 0 Å². The van der Waals surface area contributed by atoms with Crippen molar-refractivity contribution in [2.45, 2.75) is 6.92 Å². The fraction of sp³-hybridized carbons (Fsp3) is 0.0370. The van der Waals surface area contributed by atoms with Crippen molar-refractivity contribution in [2.24, 2.45) is 0 Å². The van der Waals surface area contributed by atoms with Crippen LogP contribution in [0.1, 0.15) is 33.2 Å². The van der Waals surface area contributed by atoms with Gasteiger partial charge in [0.05, 0.1) is 0 Å². The van der Waals surface area contributed by atoms with Gasteiger partial charge in [-0.2, -0.15) is 0 Å². The molecule has 142 valence electrons. The first-order valence-corrected chi connectivity index (χ1v) is 9.46. The molecule has 0 aliphatic rings. The van der Waals surface area contributed by atoms with Crippen molar-refractivity contribution in [2.75, 3.05) is 0 Å². The van der Waals surface area contributed by atoms with E-state index in [1.54, 1.807) is 6.92 Å². The number of carbonyl (C=O) groups is 2. The van der Waals surface area contributed by atoms with E-state index >= 15 is 0 Å². The summed E-state index contributed by atoms with van der Waals surface area (Å²) in [4.78, 5) is 22.9. The third-order valence-corrected chi connectivity index (χ3v) is 4.47. The van der Waals surface area contributed by atoms with Crippen molar-refractivity contribution in [3.8, 4) is 11.1 Å². The molecule has 0 aliphatic carbocycles. The molecular formula is C27H22O2. The fourth-order valence-corrected chi connectivity index (χ4v) is 2.87. The van der Waals surface area contributed by atoms with Crippen molar-refractivity contribution in [1.82, 2.24) is 0 Å². The van der Waals surface area contributed by atoms with Gasteiger partial charge in [0, 0.05) is 16.7 Å². The zero-order valence-corrected chi connectivity index (χ0v) is 16.3. The largest absolute Gasteiger partial charge is 0.295 e. The maximum absolute atomic E-state index is 11.8. The Morgan fingerprint density at radius 3 is 1.24 bits per heavy atom. The fourth-order valence-electron chi connectivity index (χ4n) is 2.87. The van der Waals surface area contributed by atoms with Gasteiger partial charge < -0.3 is 0 Å². The molecule has 0 spiro atoms. The normalized spacial score (nSPS) is 9.83. The third-order valence-electron chi connectivity index (χ3n) is 4.47. The van der Waals surface area contributed by atoms with Crippen LogP contribution in [0.5, 0.6) is 0 Å². The average molecular weight is 378 g/mol. The first kappa shape index (κ1) is 20.0. The molecule has 4 aromatic carbocycles. The molecule has 4 aromatic rings. The highest BCUT2D eigenvalue weighted by atomic mass is 16.1. The van der Waals surface area contributed by atoms with Gasteiger partial charge in [0.2, 0.25) is 0 Å². The minimum atomic E-state index is 0.0752. The summed E-state index contributed by atoms with van der Waals surface area (Å²) in [6.45, 7) is 1.58. The molecule has 0 N–H and O–H groups in total. The van der Waals surface area contributed by atoms with Crippen LogP contribution in [0.3, 0.4) is 0 Å². The topological polar surface area (TPSA) is 34.1 Å². The Kier molecular flexibility index (Phi) is 6.85. The van der Waals surface area contributed by atoms with E-state index in [0.717, 1.165) is 22.3 Å². The molecule has 0 unspecified atom stereocenters. The SMILES string of the molecule is CC(=O)c1ccc(-c2ccccc2)cc1.O=C(c1ccccc1)c1ccccc1. The molecule has 2 heteroatoms. The highest BCUT2D eigenvalue weighted by Gasteiger charge is 2.06. The monoisotopic (exact) mass is 378 g/mol. The van der Waals surface area contributed by atoms with Gasteiger partial charge in [-0.25, -0.2) is 0 Å². The molecule has 29 heavy (non-hydrogen) atoms. The lowest BCUT2D eigenvalue weighted by Gasteiger charge is -2.01. The van der Waals surface area contributed by atoms with Gasteiger partial charge in [-0.15, -0.1) is 0 Å². The minimum absolute atomic E-state index is 0.0752. The van der Waals surface area contributed by atoms with Gasteiger partial charge in [0.25, 0.3) is 0 Å². The van der Waals surface area contributed by atoms with E-state index in [-0.39, 0.29) is 11.6 Å². The second kappa shape index (κ2) is 9.95. The lowest BCUT2D eigenvalue weighted by molar-refractivity contribution is 0.101. The summed E-state index contributed by atoms with van der Waals surface area (Å²) in [5.74, 6) is 0.181. The molecule has 4 rings (SSSR count). The number of Topliss-reactive ketones (excluding diaryl/α,β-unsaturated/α-hetero) is 1. The number of rotatable bonds is 4. The van der Waals surface area contributed by atoms with Crippen LogP contribution in [0, 0.1) is 0 Å². The lowest BCUT2D eigenvalue weighted by atomic mass is 10.0. The first-order chi connectivity index (χ1) is 14.1. The Balaban J connectivity index is 0.000000166. The Bertz CT molecular complexity index is 1010. The van der Waals surface area contributed by atoms with Crippen LogP contribution in [0.4, 0.5) is 0 Å². The van der Waals surface area contributed by atoms with Crippen molar-refractivity contribution in [1.29, 1.82) is 0 Å². The summed E-state index contributed by atoms with van der Waals surface area (Å²) in [6, 6.07) is 36.4. The van der Waals surface area contributed by atoms with Gasteiger partial charge in [0.1, 0.15) is 0 Å². The Morgan fingerprint density at radius 2 is 0.828 bits per heavy atom. The Labute approximate surface area is 171 Å². The maximum atomic E-state index is 11.8. The van der Waals surface area contributed by atoms with E-state index in [2.05, 4.69) is 12.1 Å². The van der Waals surface area contributed by atoms with Gasteiger partial charge in [0.15, 0.2) is 11.6 Å². The summed E-state index contributed by atoms with van der Waals surface area (Å²) in [5.41, 5.74) is 4.54. The molecule has 0 fully saturated rings. The molecule has 0 heterocycles. The third kappa shape index (κ3) is 5.60.